The van der Waals surface area contributed by atoms with Crippen molar-refractivity contribution in [1.29, 1.82) is 0 Å². The van der Waals surface area contributed by atoms with Crippen LogP contribution in [0.15, 0.2) is 70.9 Å². The molecule has 2 heterocycles. The average Bonchev–Trinajstić information content (AvgIpc) is 3.44. The van der Waals surface area contributed by atoms with E-state index in [1.807, 2.05) is 0 Å². The molecular weight excluding hydrogens is 457 g/mol. The van der Waals surface area contributed by atoms with E-state index in [1.165, 1.54) is 55.8 Å². The van der Waals surface area contributed by atoms with Gasteiger partial charge in [0.05, 0.1) is 24.6 Å². The summed E-state index contributed by atoms with van der Waals surface area (Å²) in [6, 6.07) is 11.2. The van der Waals surface area contributed by atoms with E-state index in [2.05, 4.69) is 5.43 Å². The molecular formula is C23H15F3N2O6. The minimum Gasteiger partial charge on any atom is -0.493 e. The quantitative estimate of drug-likeness (QED) is 0.261. The monoisotopic (exact) mass is 472 g/mol. The smallest absolute Gasteiger partial charge is 0.416 e. The molecule has 3 aromatic rings. The summed E-state index contributed by atoms with van der Waals surface area (Å²) >= 11 is 0. The summed E-state index contributed by atoms with van der Waals surface area (Å²) in [5.74, 6) is -2.20. The van der Waals surface area contributed by atoms with Gasteiger partial charge in [0.25, 0.3) is 11.8 Å². The van der Waals surface area contributed by atoms with Gasteiger partial charge in [0.1, 0.15) is 5.57 Å². The van der Waals surface area contributed by atoms with Gasteiger partial charge in [-0.3, -0.25) is 15.0 Å². The van der Waals surface area contributed by atoms with E-state index >= 15 is 0 Å². The first-order chi connectivity index (χ1) is 16.2. The van der Waals surface area contributed by atoms with E-state index in [1.54, 1.807) is 0 Å². The number of esters is 1. The minimum atomic E-state index is -4.61. The number of hydrogen-bond acceptors (Lipinski definition) is 6. The predicted molar refractivity (Wildman–Crippen MR) is 112 cm³/mol. The number of carbonyl (C=O) groups excluding carboxylic acids is 3. The van der Waals surface area contributed by atoms with Crippen LogP contribution in [0.2, 0.25) is 0 Å². The van der Waals surface area contributed by atoms with Crippen LogP contribution in [0, 0.1) is 0 Å². The highest BCUT2D eigenvalue weighted by Gasteiger charge is 2.36. The molecule has 0 bridgehead atoms. The summed E-state index contributed by atoms with van der Waals surface area (Å²) in [7, 11) is 1.33. The van der Waals surface area contributed by atoms with Crippen LogP contribution in [-0.4, -0.2) is 24.9 Å². The number of benzene rings is 2. The molecule has 174 valence electrons. The largest absolute Gasteiger partial charge is 0.493 e. The topological polar surface area (TPSA) is 98.1 Å². The summed E-state index contributed by atoms with van der Waals surface area (Å²) in [4.78, 5) is 37.2. The van der Waals surface area contributed by atoms with Crippen molar-refractivity contribution in [3.05, 3.63) is 83.3 Å². The summed E-state index contributed by atoms with van der Waals surface area (Å²) in [6.45, 7) is 0. The highest BCUT2D eigenvalue weighted by molar-refractivity contribution is 6.31. The number of ether oxygens (including phenoxy) is 2. The molecule has 1 saturated heterocycles. The van der Waals surface area contributed by atoms with E-state index in [4.69, 9.17) is 13.9 Å². The Morgan fingerprint density at radius 2 is 1.85 bits per heavy atom. The van der Waals surface area contributed by atoms with Gasteiger partial charge >= 0.3 is 12.1 Å². The van der Waals surface area contributed by atoms with Crippen molar-refractivity contribution in [2.45, 2.75) is 6.18 Å². The molecule has 1 aliphatic rings. The summed E-state index contributed by atoms with van der Waals surface area (Å²) in [5, 5.41) is 0.736. The van der Waals surface area contributed by atoms with Crippen molar-refractivity contribution in [2.75, 3.05) is 12.1 Å². The summed E-state index contributed by atoms with van der Waals surface area (Å²) < 4.78 is 54.4. The molecule has 2 amide bonds. The molecule has 0 saturated carbocycles. The fraction of sp³-hybridized carbons (Fsp3) is 0.0870. The Morgan fingerprint density at radius 1 is 1.06 bits per heavy atom. The lowest BCUT2D eigenvalue weighted by Crippen LogP contribution is -2.35. The first-order valence-corrected chi connectivity index (χ1v) is 9.65. The van der Waals surface area contributed by atoms with Crippen molar-refractivity contribution in [1.82, 2.24) is 5.43 Å². The number of rotatable bonds is 5. The Hall–Kier alpha value is -4.54. The highest BCUT2D eigenvalue weighted by Crippen LogP contribution is 2.33. The lowest BCUT2D eigenvalue weighted by Gasteiger charge is -2.16. The van der Waals surface area contributed by atoms with Gasteiger partial charge in [-0.1, -0.05) is 12.1 Å². The van der Waals surface area contributed by atoms with E-state index in [-0.39, 0.29) is 28.5 Å². The van der Waals surface area contributed by atoms with Gasteiger partial charge in [0.2, 0.25) is 5.76 Å². The molecule has 0 aliphatic carbocycles. The van der Waals surface area contributed by atoms with Crippen LogP contribution in [0.1, 0.15) is 21.7 Å². The zero-order valence-corrected chi connectivity index (χ0v) is 17.4. The van der Waals surface area contributed by atoms with Crippen LogP contribution in [0.4, 0.5) is 18.9 Å². The maximum atomic E-state index is 13.0. The van der Waals surface area contributed by atoms with Gasteiger partial charge in [0.15, 0.2) is 11.5 Å². The first kappa shape index (κ1) is 22.6. The molecule has 0 unspecified atom stereocenters. The minimum absolute atomic E-state index is 0.0174. The normalized spacial score (nSPS) is 14.9. The van der Waals surface area contributed by atoms with Crippen LogP contribution in [0.5, 0.6) is 11.5 Å². The maximum absolute atomic E-state index is 13.0. The number of furan rings is 1. The lowest BCUT2D eigenvalue weighted by atomic mass is 10.1. The van der Waals surface area contributed by atoms with E-state index < -0.39 is 29.5 Å². The van der Waals surface area contributed by atoms with Gasteiger partial charge in [-0.2, -0.15) is 13.2 Å². The van der Waals surface area contributed by atoms with Gasteiger partial charge in [-0.25, -0.2) is 9.80 Å². The standard InChI is InChI=1S/C23H15F3N2O6/c1-32-19-11-13(7-8-17(19)34-22(31)18-6-3-9-33-18)10-16-20(29)27-28(21(16)30)15-5-2-4-14(12-15)23(24,25)26/h2-12H,1H3,(H,27,29). The number of hydrazine groups is 1. The van der Waals surface area contributed by atoms with E-state index in [0.717, 1.165) is 23.2 Å². The number of nitrogens with one attached hydrogen (secondary N) is 1. The van der Waals surface area contributed by atoms with Crippen LogP contribution in [0.25, 0.3) is 6.08 Å². The molecule has 11 heteroatoms. The molecule has 34 heavy (non-hydrogen) atoms. The van der Waals surface area contributed by atoms with E-state index in [0.29, 0.717) is 5.56 Å². The second-order valence-electron chi connectivity index (χ2n) is 6.96. The summed E-state index contributed by atoms with van der Waals surface area (Å²) in [6.07, 6.45) is -2.05. The Kier molecular flexibility index (Phi) is 5.84. The molecule has 1 aromatic heterocycles. The molecule has 1 fully saturated rings. The zero-order chi connectivity index (χ0) is 24.5. The predicted octanol–water partition coefficient (Wildman–Crippen LogP) is 3.99. The Labute approximate surface area is 190 Å². The number of nitrogens with zero attached hydrogens (tertiary/aromatic N) is 1. The van der Waals surface area contributed by atoms with Gasteiger partial charge < -0.3 is 13.9 Å². The number of halogens is 3. The van der Waals surface area contributed by atoms with Crippen LogP contribution < -0.4 is 19.9 Å². The van der Waals surface area contributed by atoms with Crippen molar-refractivity contribution in [2.24, 2.45) is 0 Å². The Balaban J connectivity index is 1.58. The van der Waals surface area contributed by atoms with Crippen LogP contribution in [0.3, 0.4) is 0 Å². The number of hydrogen-bond donors (Lipinski definition) is 1. The highest BCUT2D eigenvalue weighted by atomic mass is 19.4. The van der Waals surface area contributed by atoms with Gasteiger partial charge in [0, 0.05) is 0 Å². The number of carbonyl (C=O) groups is 3. The Morgan fingerprint density at radius 3 is 2.53 bits per heavy atom. The van der Waals surface area contributed by atoms with Gasteiger partial charge in [-0.05, 0) is 54.1 Å². The Bertz CT molecular complexity index is 1300. The van der Waals surface area contributed by atoms with Crippen LogP contribution >= 0.6 is 0 Å². The van der Waals surface area contributed by atoms with Crippen molar-refractivity contribution < 1.29 is 41.4 Å². The van der Waals surface area contributed by atoms with E-state index in [9.17, 15) is 27.6 Å². The molecule has 8 nitrogen and oxygen atoms in total. The first-order valence-electron chi connectivity index (χ1n) is 9.65. The second kappa shape index (κ2) is 8.77. The third-order valence-corrected chi connectivity index (χ3v) is 4.75. The van der Waals surface area contributed by atoms with Crippen molar-refractivity contribution >= 4 is 29.5 Å². The van der Waals surface area contributed by atoms with Crippen molar-refractivity contribution in [3.63, 3.8) is 0 Å². The number of alkyl halides is 3. The molecule has 0 atom stereocenters. The molecule has 1 N–H and O–H groups in total. The third kappa shape index (κ3) is 4.49. The van der Waals surface area contributed by atoms with Gasteiger partial charge in [-0.15, -0.1) is 0 Å². The maximum Gasteiger partial charge on any atom is 0.416 e. The fourth-order valence-electron chi connectivity index (χ4n) is 3.13. The second-order valence-corrected chi connectivity index (χ2v) is 6.96. The zero-order valence-electron chi connectivity index (χ0n) is 17.4. The fourth-order valence-corrected chi connectivity index (χ4v) is 3.13. The molecule has 1 aliphatic heterocycles. The molecule has 4 rings (SSSR count). The average molecular weight is 472 g/mol. The van der Waals surface area contributed by atoms with Crippen LogP contribution in [-0.2, 0) is 15.8 Å². The molecule has 0 spiro atoms. The molecule has 2 aromatic carbocycles. The number of methoxy groups -OCH3 is 1. The SMILES string of the molecule is COc1cc(C=C2C(=O)NN(c3cccc(C(F)(F)F)c3)C2=O)ccc1OC(=O)c1ccco1. The lowest BCUT2D eigenvalue weighted by molar-refractivity contribution is -0.137. The molecule has 0 radical (unpaired) electrons. The number of amides is 2. The number of anilines is 1. The van der Waals surface area contributed by atoms with Crippen molar-refractivity contribution in [3.8, 4) is 11.5 Å². The summed E-state index contributed by atoms with van der Waals surface area (Å²) in [5.41, 5.74) is 1.18. The third-order valence-electron chi connectivity index (χ3n) is 4.75.